The monoisotopic (exact) mass is 155 g/mol. The van der Waals surface area contributed by atoms with Crippen LogP contribution in [-0.2, 0) is 11.3 Å². The SMILES string of the molecule is CON=CCc1cccs1. The minimum atomic E-state index is 0.867. The summed E-state index contributed by atoms with van der Waals surface area (Å²) in [6.45, 7) is 0. The van der Waals surface area contributed by atoms with Crippen molar-refractivity contribution in [3.63, 3.8) is 0 Å². The molecule has 54 valence electrons. The molecule has 2 nitrogen and oxygen atoms in total. The summed E-state index contributed by atoms with van der Waals surface area (Å²) in [6.07, 6.45) is 2.62. The standard InChI is InChI=1S/C7H9NOS/c1-9-8-5-4-7-3-2-6-10-7/h2-3,5-6H,4H2,1H3. The van der Waals surface area contributed by atoms with Gasteiger partial charge in [0, 0.05) is 17.5 Å². The highest BCUT2D eigenvalue weighted by Crippen LogP contribution is 2.07. The molecule has 0 atom stereocenters. The smallest absolute Gasteiger partial charge is 0.106 e. The Hall–Kier alpha value is -0.830. The second-order valence-electron chi connectivity index (χ2n) is 1.75. The van der Waals surface area contributed by atoms with E-state index >= 15 is 0 Å². The van der Waals surface area contributed by atoms with Crippen molar-refractivity contribution in [2.75, 3.05) is 7.11 Å². The summed E-state index contributed by atoms with van der Waals surface area (Å²) in [5.74, 6) is 0. The number of thiophene rings is 1. The first-order valence-electron chi connectivity index (χ1n) is 3.01. The van der Waals surface area contributed by atoms with Crippen LogP contribution in [0.5, 0.6) is 0 Å². The third kappa shape index (κ3) is 2.19. The minimum absolute atomic E-state index is 0.867. The summed E-state index contributed by atoms with van der Waals surface area (Å²) in [6, 6.07) is 4.10. The van der Waals surface area contributed by atoms with Crippen molar-refractivity contribution in [2.45, 2.75) is 6.42 Å². The molecule has 3 heteroatoms. The Bertz CT molecular complexity index is 193. The fraction of sp³-hybridized carbons (Fsp3) is 0.286. The molecule has 0 amide bonds. The number of nitrogens with zero attached hydrogens (tertiary/aromatic N) is 1. The van der Waals surface area contributed by atoms with E-state index in [1.807, 2.05) is 6.07 Å². The molecule has 1 aromatic rings. The van der Waals surface area contributed by atoms with Gasteiger partial charge < -0.3 is 4.84 Å². The van der Waals surface area contributed by atoms with E-state index in [9.17, 15) is 0 Å². The lowest BCUT2D eigenvalue weighted by Gasteiger charge is -1.85. The van der Waals surface area contributed by atoms with Crippen molar-refractivity contribution in [3.8, 4) is 0 Å². The van der Waals surface area contributed by atoms with Gasteiger partial charge in [0.1, 0.15) is 7.11 Å². The van der Waals surface area contributed by atoms with Crippen molar-refractivity contribution < 1.29 is 4.84 Å². The van der Waals surface area contributed by atoms with Crippen LogP contribution in [0.15, 0.2) is 22.7 Å². The molecule has 0 aliphatic carbocycles. The number of hydrogen-bond acceptors (Lipinski definition) is 3. The first-order chi connectivity index (χ1) is 4.93. The highest BCUT2D eigenvalue weighted by Gasteiger charge is 1.87. The van der Waals surface area contributed by atoms with Crippen LogP contribution in [0.25, 0.3) is 0 Å². The summed E-state index contributed by atoms with van der Waals surface area (Å²) < 4.78 is 0. The summed E-state index contributed by atoms with van der Waals surface area (Å²) in [4.78, 5) is 5.82. The van der Waals surface area contributed by atoms with Crippen LogP contribution < -0.4 is 0 Å². The molecule has 0 unspecified atom stereocenters. The van der Waals surface area contributed by atoms with Gasteiger partial charge in [0.05, 0.1) is 0 Å². The maximum Gasteiger partial charge on any atom is 0.106 e. The summed E-state index contributed by atoms with van der Waals surface area (Å²) >= 11 is 1.73. The molecule has 0 spiro atoms. The van der Waals surface area contributed by atoms with Crippen molar-refractivity contribution in [1.82, 2.24) is 0 Å². The van der Waals surface area contributed by atoms with Crippen molar-refractivity contribution in [2.24, 2.45) is 5.16 Å². The lowest BCUT2D eigenvalue weighted by Crippen LogP contribution is -1.80. The topological polar surface area (TPSA) is 21.6 Å². The highest BCUT2D eigenvalue weighted by atomic mass is 32.1. The molecule has 1 heterocycles. The van der Waals surface area contributed by atoms with Gasteiger partial charge in [-0.2, -0.15) is 0 Å². The molecule has 0 N–H and O–H groups in total. The van der Waals surface area contributed by atoms with Crippen LogP contribution in [0, 0.1) is 0 Å². The maximum atomic E-state index is 4.51. The predicted octanol–water partition coefficient (Wildman–Crippen LogP) is 1.92. The summed E-state index contributed by atoms with van der Waals surface area (Å²) in [5.41, 5.74) is 0. The molecule has 1 rings (SSSR count). The van der Waals surface area contributed by atoms with Crippen LogP contribution >= 0.6 is 11.3 Å². The van der Waals surface area contributed by atoms with Gasteiger partial charge in [0.2, 0.25) is 0 Å². The molecule has 0 bridgehead atoms. The Morgan fingerprint density at radius 2 is 2.70 bits per heavy atom. The van der Waals surface area contributed by atoms with E-state index in [2.05, 4.69) is 21.4 Å². The van der Waals surface area contributed by atoms with Crippen LogP contribution in [-0.4, -0.2) is 13.3 Å². The van der Waals surface area contributed by atoms with Crippen LogP contribution in [0.1, 0.15) is 4.88 Å². The van der Waals surface area contributed by atoms with Gasteiger partial charge >= 0.3 is 0 Å². The molecule has 0 fully saturated rings. The van der Waals surface area contributed by atoms with Crippen LogP contribution in [0.4, 0.5) is 0 Å². The number of rotatable bonds is 3. The van der Waals surface area contributed by atoms with Gasteiger partial charge in [0.25, 0.3) is 0 Å². The van der Waals surface area contributed by atoms with Gasteiger partial charge in [0.15, 0.2) is 0 Å². The van der Waals surface area contributed by atoms with Crippen LogP contribution in [0.3, 0.4) is 0 Å². The van der Waals surface area contributed by atoms with Crippen LogP contribution in [0.2, 0.25) is 0 Å². The largest absolute Gasteiger partial charge is 0.399 e. The van der Waals surface area contributed by atoms with Gasteiger partial charge in [-0.25, -0.2) is 0 Å². The Morgan fingerprint density at radius 1 is 1.80 bits per heavy atom. The van der Waals surface area contributed by atoms with Gasteiger partial charge in [-0.1, -0.05) is 11.2 Å². The lowest BCUT2D eigenvalue weighted by atomic mass is 10.4. The normalized spacial score (nSPS) is 10.5. The summed E-state index contributed by atoms with van der Waals surface area (Å²) in [7, 11) is 1.55. The molecule has 0 aliphatic rings. The number of oxime groups is 1. The molecule has 10 heavy (non-hydrogen) atoms. The van der Waals surface area contributed by atoms with Crippen molar-refractivity contribution >= 4 is 17.6 Å². The molecule has 0 radical (unpaired) electrons. The van der Waals surface area contributed by atoms with Crippen molar-refractivity contribution in [1.29, 1.82) is 0 Å². The van der Waals surface area contributed by atoms with Gasteiger partial charge in [-0.3, -0.25) is 0 Å². The first kappa shape index (κ1) is 7.28. The third-order valence-electron chi connectivity index (χ3n) is 1.05. The highest BCUT2D eigenvalue weighted by molar-refractivity contribution is 7.10. The third-order valence-corrected chi connectivity index (χ3v) is 1.95. The minimum Gasteiger partial charge on any atom is -0.399 e. The number of hydrogen-bond donors (Lipinski definition) is 0. The molecular weight excluding hydrogens is 146 g/mol. The Labute approximate surface area is 64.1 Å². The molecule has 0 saturated carbocycles. The average Bonchev–Trinajstić information content (AvgIpc) is 2.41. The zero-order valence-electron chi connectivity index (χ0n) is 5.78. The fourth-order valence-corrected chi connectivity index (χ4v) is 1.29. The quantitative estimate of drug-likeness (QED) is 0.482. The van der Waals surface area contributed by atoms with E-state index < -0.39 is 0 Å². The second-order valence-corrected chi connectivity index (χ2v) is 2.79. The van der Waals surface area contributed by atoms with Crippen molar-refractivity contribution in [3.05, 3.63) is 22.4 Å². The molecule has 0 saturated heterocycles. The molecule has 0 aromatic carbocycles. The van der Waals surface area contributed by atoms with E-state index in [1.54, 1.807) is 24.7 Å². The van der Waals surface area contributed by atoms with E-state index in [0.29, 0.717) is 0 Å². The second kappa shape index (κ2) is 4.06. The van der Waals surface area contributed by atoms with E-state index in [1.165, 1.54) is 4.88 Å². The van der Waals surface area contributed by atoms with Gasteiger partial charge in [-0.05, 0) is 11.4 Å². The predicted molar refractivity (Wildman–Crippen MR) is 43.5 cm³/mol. The Morgan fingerprint density at radius 3 is 3.30 bits per heavy atom. The zero-order valence-corrected chi connectivity index (χ0v) is 6.60. The van der Waals surface area contributed by atoms with E-state index in [4.69, 9.17) is 0 Å². The average molecular weight is 155 g/mol. The molecule has 0 aliphatic heterocycles. The first-order valence-corrected chi connectivity index (χ1v) is 3.89. The molecular formula is C7H9NOS. The van der Waals surface area contributed by atoms with E-state index in [-0.39, 0.29) is 0 Å². The molecule has 1 aromatic heterocycles. The zero-order chi connectivity index (χ0) is 7.23. The fourth-order valence-electron chi connectivity index (χ4n) is 0.631. The Balaban J connectivity index is 2.34. The van der Waals surface area contributed by atoms with Gasteiger partial charge in [-0.15, -0.1) is 11.3 Å². The maximum absolute atomic E-state index is 4.51. The Kier molecular flexibility index (Phi) is 2.96. The lowest BCUT2D eigenvalue weighted by molar-refractivity contribution is 0.215. The van der Waals surface area contributed by atoms with E-state index in [0.717, 1.165) is 6.42 Å². The summed E-state index contributed by atoms with van der Waals surface area (Å²) in [5, 5.41) is 5.68.